The van der Waals surface area contributed by atoms with Crippen molar-refractivity contribution in [2.45, 2.75) is 20.5 Å². The lowest BCUT2D eigenvalue weighted by Crippen LogP contribution is -2.14. The summed E-state index contributed by atoms with van der Waals surface area (Å²) in [5.74, 6) is -2.55. The third-order valence-corrected chi connectivity index (χ3v) is 5.53. The van der Waals surface area contributed by atoms with Crippen LogP contribution in [-0.4, -0.2) is 28.1 Å². The highest BCUT2D eigenvalue weighted by Crippen LogP contribution is 2.34. The van der Waals surface area contributed by atoms with Crippen molar-refractivity contribution in [1.82, 2.24) is 0 Å². The van der Waals surface area contributed by atoms with Crippen molar-refractivity contribution in [3.05, 3.63) is 106 Å². The molecule has 0 heterocycles. The molecule has 0 aromatic heterocycles. The molecule has 0 saturated heterocycles. The highest BCUT2D eigenvalue weighted by Gasteiger charge is 2.20. The molecule has 0 aliphatic carbocycles. The van der Waals surface area contributed by atoms with Gasteiger partial charge in [-0.3, -0.25) is 0 Å². The number of carboxylic acid groups (broad SMARTS) is 2. The number of aromatic carboxylic acids is 2. The highest BCUT2D eigenvalue weighted by atomic mass is 17.2. The number of hydrogen-bond donors (Lipinski definition) is 2. The Bertz CT molecular complexity index is 1490. The summed E-state index contributed by atoms with van der Waals surface area (Å²) < 4.78 is 5.58. The monoisotopic (exact) mass is 486 g/mol. The standard InChI is InChI=1S/C28H22O8/c1-16-7-9-19(26(29)30)18(13-16)15-34-36-25-12-11-24(20-5-3-4-6-21(20)25)35-28(33)23-14-17(2)8-10-22(23)27(31)32/h3-14H,15H2,1-2H3,(H,29,30)(H,31,32). The minimum Gasteiger partial charge on any atom is -0.478 e. The quantitative estimate of drug-likeness (QED) is 0.143. The fourth-order valence-electron chi connectivity index (χ4n) is 3.78. The maximum atomic E-state index is 12.9. The fourth-order valence-corrected chi connectivity index (χ4v) is 3.78. The summed E-state index contributed by atoms with van der Waals surface area (Å²) in [6.07, 6.45) is 0. The lowest BCUT2D eigenvalue weighted by atomic mass is 10.0. The summed E-state index contributed by atoms with van der Waals surface area (Å²) in [6, 6.07) is 19.4. The Labute approximate surface area is 206 Å². The molecule has 8 heteroatoms. The molecule has 36 heavy (non-hydrogen) atoms. The van der Waals surface area contributed by atoms with Gasteiger partial charge in [-0.2, -0.15) is 4.89 Å². The molecule has 0 saturated carbocycles. The molecular formula is C28H22O8. The van der Waals surface area contributed by atoms with E-state index in [4.69, 9.17) is 14.5 Å². The first-order valence-corrected chi connectivity index (χ1v) is 10.9. The number of fused-ring (bicyclic) bond motifs is 1. The van der Waals surface area contributed by atoms with Gasteiger partial charge in [0, 0.05) is 10.8 Å². The Morgan fingerprint density at radius 2 is 1.28 bits per heavy atom. The number of hydrogen-bond acceptors (Lipinski definition) is 6. The third-order valence-electron chi connectivity index (χ3n) is 5.53. The maximum Gasteiger partial charge on any atom is 0.344 e. The first-order valence-electron chi connectivity index (χ1n) is 10.9. The number of esters is 1. The molecule has 2 N–H and O–H groups in total. The molecule has 0 aliphatic rings. The van der Waals surface area contributed by atoms with Crippen molar-refractivity contribution in [2.24, 2.45) is 0 Å². The summed E-state index contributed by atoms with van der Waals surface area (Å²) in [7, 11) is 0. The van der Waals surface area contributed by atoms with Gasteiger partial charge in [0.15, 0.2) is 5.75 Å². The predicted octanol–water partition coefficient (Wildman–Crippen LogP) is 5.58. The number of carbonyl (C=O) groups is 3. The lowest BCUT2D eigenvalue weighted by molar-refractivity contribution is -0.216. The Kier molecular flexibility index (Phi) is 6.98. The van der Waals surface area contributed by atoms with Gasteiger partial charge in [-0.1, -0.05) is 53.6 Å². The average molecular weight is 486 g/mol. The molecule has 8 nitrogen and oxygen atoms in total. The van der Waals surface area contributed by atoms with Crippen LogP contribution in [-0.2, 0) is 11.5 Å². The Morgan fingerprint density at radius 3 is 1.94 bits per heavy atom. The number of rotatable bonds is 8. The van der Waals surface area contributed by atoms with Gasteiger partial charge in [-0.05, 0) is 49.7 Å². The number of carbonyl (C=O) groups excluding carboxylic acids is 1. The van der Waals surface area contributed by atoms with Crippen LogP contribution in [0.2, 0.25) is 0 Å². The van der Waals surface area contributed by atoms with Crippen LogP contribution in [0.4, 0.5) is 0 Å². The number of carboxylic acids is 2. The molecule has 0 fully saturated rings. The van der Waals surface area contributed by atoms with Gasteiger partial charge in [-0.25, -0.2) is 14.4 Å². The smallest absolute Gasteiger partial charge is 0.344 e. The Hall–Kier alpha value is -4.69. The third kappa shape index (κ3) is 5.18. The SMILES string of the molecule is Cc1ccc(C(=O)O)c(COOc2ccc(OC(=O)c3cc(C)ccc3C(=O)O)c3ccccc23)c1. The largest absolute Gasteiger partial charge is 0.478 e. The van der Waals surface area contributed by atoms with Gasteiger partial charge < -0.3 is 19.8 Å². The highest BCUT2D eigenvalue weighted by molar-refractivity contribution is 6.04. The van der Waals surface area contributed by atoms with Crippen LogP contribution in [0.5, 0.6) is 11.5 Å². The molecule has 4 aromatic carbocycles. The molecule has 0 atom stereocenters. The molecule has 0 unspecified atom stereocenters. The molecule has 0 spiro atoms. The second-order valence-electron chi connectivity index (χ2n) is 8.16. The zero-order chi connectivity index (χ0) is 25.8. The normalized spacial score (nSPS) is 10.7. The molecular weight excluding hydrogens is 464 g/mol. The second-order valence-corrected chi connectivity index (χ2v) is 8.16. The zero-order valence-corrected chi connectivity index (χ0v) is 19.5. The zero-order valence-electron chi connectivity index (χ0n) is 19.5. The van der Waals surface area contributed by atoms with Crippen LogP contribution < -0.4 is 9.62 Å². The second kappa shape index (κ2) is 10.3. The number of aryl methyl sites for hydroxylation is 2. The van der Waals surface area contributed by atoms with Gasteiger partial charge in [0.05, 0.1) is 16.7 Å². The Morgan fingerprint density at radius 1 is 0.694 bits per heavy atom. The van der Waals surface area contributed by atoms with Crippen molar-refractivity contribution >= 4 is 28.7 Å². The summed E-state index contributed by atoms with van der Waals surface area (Å²) in [4.78, 5) is 46.8. The van der Waals surface area contributed by atoms with Crippen molar-refractivity contribution in [1.29, 1.82) is 0 Å². The van der Waals surface area contributed by atoms with Crippen molar-refractivity contribution < 1.29 is 39.1 Å². The van der Waals surface area contributed by atoms with Gasteiger partial charge in [0.2, 0.25) is 0 Å². The summed E-state index contributed by atoms with van der Waals surface area (Å²) in [5.41, 5.74) is 1.98. The summed E-state index contributed by atoms with van der Waals surface area (Å²) >= 11 is 0. The first-order chi connectivity index (χ1) is 17.2. The molecule has 0 amide bonds. The number of benzene rings is 4. The minimum atomic E-state index is -1.23. The summed E-state index contributed by atoms with van der Waals surface area (Å²) in [5, 5.41) is 19.9. The molecule has 182 valence electrons. The van der Waals surface area contributed by atoms with Crippen molar-refractivity contribution in [3.8, 4) is 11.5 Å². The van der Waals surface area contributed by atoms with E-state index in [1.807, 2.05) is 6.92 Å². The van der Waals surface area contributed by atoms with E-state index in [0.717, 1.165) is 11.1 Å². The molecule has 4 rings (SSSR count). The average Bonchev–Trinajstić information content (AvgIpc) is 2.84. The van der Waals surface area contributed by atoms with E-state index in [1.165, 1.54) is 24.3 Å². The van der Waals surface area contributed by atoms with Crippen LogP contribution in [0.1, 0.15) is 47.8 Å². The van der Waals surface area contributed by atoms with E-state index in [0.29, 0.717) is 22.1 Å². The maximum absolute atomic E-state index is 12.9. The van der Waals surface area contributed by atoms with E-state index < -0.39 is 17.9 Å². The van der Waals surface area contributed by atoms with Crippen molar-refractivity contribution in [2.75, 3.05) is 0 Å². The van der Waals surface area contributed by atoms with E-state index in [9.17, 15) is 24.6 Å². The van der Waals surface area contributed by atoms with Gasteiger partial charge in [0.1, 0.15) is 12.4 Å². The molecule has 4 aromatic rings. The summed E-state index contributed by atoms with van der Waals surface area (Å²) in [6.45, 7) is 3.50. The van der Waals surface area contributed by atoms with Gasteiger partial charge >= 0.3 is 17.9 Å². The predicted molar refractivity (Wildman–Crippen MR) is 131 cm³/mol. The number of ether oxygens (including phenoxy) is 1. The Balaban J connectivity index is 1.58. The van der Waals surface area contributed by atoms with E-state index >= 15 is 0 Å². The molecule has 0 aliphatic heterocycles. The lowest BCUT2D eigenvalue weighted by Gasteiger charge is -2.13. The van der Waals surface area contributed by atoms with Crippen LogP contribution in [0.15, 0.2) is 72.8 Å². The molecule has 0 bridgehead atoms. The van der Waals surface area contributed by atoms with Gasteiger partial charge in [0.25, 0.3) is 0 Å². The molecule has 0 radical (unpaired) electrons. The van der Waals surface area contributed by atoms with Crippen LogP contribution in [0.3, 0.4) is 0 Å². The van der Waals surface area contributed by atoms with E-state index in [1.54, 1.807) is 55.5 Å². The van der Waals surface area contributed by atoms with Crippen LogP contribution in [0, 0.1) is 13.8 Å². The topological polar surface area (TPSA) is 119 Å². The van der Waals surface area contributed by atoms with Crippen LogP contribution in [0.25, 0.3) is 10.8 Å². The fraction of sp³-hybridized carbons (Fsp3) is 0.107. The minimum absolute atomic E-state index is 0.0531. The van der Waals surface area contributed by atoms with Crippen molar-refractivity contribution in [3.63, 3.8) is 0 Å². The van der Waals surface area contributed by atoms with E-state index in [-0.39, 0.29) is 29.0 Å². The van der Waals surface area contributed by atoms with Crippen LogP contribution >= 0.6 is 0 Å². The first kappa shape index (κ1) is 24.4. The van der Waals surface area contributed by atoms with E-state index in [2.05, 4.69) is 0 Å². The van der Waals surface area contributed by atoms with Gasteiger partial charge in [-0.15, -0.1) is 0 Å².